The molecule has 20 heavy (non-hydrogen) atoms. The smallest absolute Gasteiger partial charge is 0.339 e. The number of carbonyl (C=O) groups is 2. The fraction of sp³-hybridized carbons (Fsp3) is 0.0667. The van der Waals surface area contributed by atoms with E-state index in [0.29, 0.717) is 15.6 Å². The normalized spacial score (nSPS) is 10.1. The first-order chi connectivity index (χ1) is 9.58. The van der Waals surface area contributed by atoms with Gasteiger partial charge in [-0.1, -0.05) is 40.2 Å². The first-order valence-corrected chi connectivity index (χ1v) is 7.37. The van der Waals surface area contributed by atoms with E-state index >= 15 is 0 Å². The number of benzene rings is 2. The van der Waals surface area contributed by atoms with Crippen molar-refractivity contribution in [2.24, 2.45) is 0 Å². The Hall–Kier alpha value is -1.46. The average molecular weight is 398 g/mol. The molecule has 0 aliphatic heterocycles. The van der Waals surface area contributed by atoms with E-state index in [-0.39, 0.29) is 12.4 Å². The molecule has 0 bridgehead atoms. The Balaban J connectivity index is 1.99. The summed E-state index contributed by atoms with van der Waals surface area (Å²) in [6.45, 7) is -0.276. The van der Waals surface area contributed by atoms with Crippen LogP contribution >= 0.6 is 31.9 Å². The van der Waals surface area contributed by atoms with Crippen molar-refractivity contribution in [3.63, 3.8) is 0 Å². The van der Waals surface area contributed by atoms with Gasteiger partial charge in [0.25, 0.3) is 0 Å². The predicted molar refractivity (Wildman–Crippen MR) is 82.9 cm³/mol. The van der Waals surface area contributed by atoms with Crippen LogP contribution in [0.4, 0.5) is 0 Å². The van der Waals surface area contributed by atoms with Gasteiger partial charge in [-0.05, 0) is 40.2 Å². The maximum atomic E-state index is 11.9. The Kier molecular flexibility index (Phi) is 5.09. The highest BCUT2D eigenvalue weighted by molar-refractivity contribution is 9.10. The molecule has 0 aliphatic carbocycles. The monoisotopic (exact) mass is 396 g/mol. The molecule has 5 heteroatoms. The maximum Gasteiger partial charge on any atom is 0.339 e. The van der Waals surface area contributed by atoms with Crippen LogP contribution < -0.4 is 0 Å². The molecule has 2 aromatic carbocycles. The minimum absolute atomic E-state index is 0.238. The molecule has 0 unspecified atom stereocenters. The van der Waals surface area contributed by atoms with Crippen LogP contribution in [0, 0.1) is 0 Å². The second kappa shape index (κ2) is 6.81. The van der Waals surface area contributed by atoms with Crippen LogP contribution in [0.1, 0.15) is 20.7 Å². The summed E-state index contributed by atoms with van der Waals surface area (Å²) in [5.41, 5.74) is 0.907. The molecule has 0 heterocycles. The van der Waals surface area contributed by atoms with E-state index in [1.54, 1.807) is 48.5 Å². The molecular formula is C15H10Br2O3. The third kappa shape index (κ3) is 3.77. The molecule has 3 nitrogen and oxygen atoms in total. The van der Waals surface area contributed by atoms with Crippen molar-refractivity contribution in [1.82, 2.24) is 0 Å². The molecule has 0 saturated heterocycles. The lowest BCUT2D eigenvalue weighted by atomic mass is 10.1. The highest BCUT2D eigenvalue weighted by Gasteiger charge is 2.13. The second-order valence-corrected chi connectivity index (χ2v) is 5.76. The van der Waals surface area contributed by atoms with Gasteiger partial charge in [-0.3, -0.25) is 4.79 Å². The average Bonchev–Trinajstić information content (AvgIpc) is 2.45. The first kappa shape index (κ1) is 14.9. The summed E-state index contributed by atoms with van der Waals surface area (Å²) in [6, 6.07) is 13.8. The summed E-state index contributed by atoms with van der Waals surface area (Å²) in [5.74, 6) is -0.763. The molecule has 102 valence electrons. The van der Waals surface area contributed by atoms with Gasteiger partial charge >= 0.3 is 5.97 Å². The number of carbonyl (C=O) groups excluding carboxylic acids is 2. The third-order valence-electron chi connectivity index (χ3n) is 2.59. The van der Waals surface area contributed by atoms with Crippen LogP contribution in [0.3, 0.4) is 0 Å². The van der Waals surface area contributed by atoms with E-state index in [1.807, 2.05) is 0 Å². The number of ether oxygens (including phenoxy) is 1. The van der Waals surface area contributed by atoms with Gasteiger partial charge in [-0.2, -0.15) is 0 Å². The standard InChI is InChI=1S/C15H10Br2O3/c16-11-7-5-10(6-8-11)14(18)9-20-15(19)12-3-1-2-4-13(12)17/h1-8H,9H2. The zero-order chi connectivity index (χ0) is 14.5. The van der Waals surface area contributed by atoms with Crippen molar-refractivity contribution in [3.8, 4) is 0 Å². The number of halogens is 2. The largest absolute Gasteiger partial charge is 0.454 e. The molecule has 0 aromatic heterocycles. The Morgan fingerprint density at radius 3 is 2.25 bits per heavy atom. The van der Waals surface area contributed by atoms with E-state index in [2.05, 4.69) is 31.9 Å². The molecule has 0 radical (unpaired) electrons. The molecule has 0 amide bonds. The highest BCUT2D eigenvalue weighted by atomic mass is 79.9. The van der Waals surface area contributed by atoms with Gasteiger partial charge in [-0.25, -0.2) is 4.79 Å². The van der Waals surface area contributed by atoms with E-state index in [9.17, 15) is 9.59 Å². The molecule has 0 fully saturated rings. The molecule has 0 saturated carbocycles. The van der Waals surface area contributed by atoms with Gasteiger partial charge < -0.3 is 4.74 Å². The van der Waals surface area contributed by atoms with Crippen LogP contribution in [-0.4, -0.2) is 18.4 Å². The highest BCUT2D eigenvalue weighted by Crippen LogP contribution is 2.17. The molecule has 0 N–H and O–H groups in total. The van der Waals surface area contributed by atoms with Gasteiger partial charge in [0.2, 0.25) is 0 Å². The Morgan fingerprint density at radius 1 is 0.950 bits per heavy atom. The van der Waals surface area contributed by atoms with Gasteiger partial charge in [0, 0.05) is 14.5 Å². The summed E-state index contributed by atoms with van der Waals surface area (Å²) in [4.78, 5) is 23.7. The number of ketones is 1. The number of hydrogen-bond donors (Lipinski definition) is 0. The summed E-state index contributed by atoms with van der Waals surface area (Å²) in [6.07, 6.45) is 0. The minimum atomic E-state index is -0.525. The van der Waals surface area contributed by atoms with Crippen LogP contribution in [0.15, 0.2) is 57.5 Å². The van der Waals surface area contributed by atoms with Crippen LogP contribution in [0.2, 0.25) is 0 Å². The van der Waals surface area contributed by atoms with E-state index in [1.165, 1.54) is 0 Å². The van der Waals surface area contributed by atoms with Crippen molar-refractivity contribution in [2.75, 3.05) is 6.61 Å². The maximum absolute atomic E-state index is 11.9. The first-order valence-electron chi connectivity index (χ1n) is 5.78. The van der Waals surface area contributed by atoms with Crippen molar-refractivity contribution in [1.29, 1.82) is 0 Å². The van der Waals surface area contributed by atoms with Crippen LogP contribution in [-0.2, 0) is 4.74 Å². The molecule has 0 spiro atoms. The number of esters is 1. The van der Waals surface area contributed by atoms with Gasteiger partial charge in [0.1, 0.15) is 0 Å². The SMILES string of the molecule is O=C(COC(=O)c1ccccc1Br)c1ccc(Br)cc1. The topological polar surface area (TPSA) is 43.4 Å². The number of hydrogen-bond acceptors (Lipinski definition) is 3. The van der Waals surface area contributed by atoms with Crippen molar-refractivity contribution < 1.29 is 14.3 Å². The van der Waals surface area contributed by atoms with E-state index < -0.39 is 5.97 Å². The molecule has 0 atom stereocenters. The van der Waals surface area contributed by atoms with Gasteiger partial charge in [-0.15, -0.1) is 0 Å². The zero-order valence-corrected chi connectivity index (χ0v) is 13.5. The molecular weight excluding hydrogens is 388 g/mol. The Morgan fingerprint density at radius 2 is 1.60 bits per heavy atom. The van der Waals surface area contributed by atoms with Gasteiger partial charge in [0.05, 0.1) is 5.56 Å². The van der Waals surface area contributed by atoms with Crippen molar-refractivity contribution in [2.45, 2.75) is 0 Å². The third-order valence-corrected chi connectivity index (χ3v) is 3.81. The lowest BCUT2D eigenvalue weighted by Crippen LogP contribution is -2.14. The Labute approximate surface area is 133 Å². The minimum Gasteiger partial charge on any atom is -0.454 e. The van der Waals surface area contributed by atoms with Gasteiger partial charge in [0.15, 0.2) is 12.4 Å². The molecule has 2 rings (SSSR count). The second-order valence-electron chi connectivity index (χ2n) is 3.99. The number of rotatable bonds is 4. The van der Waals surface area contributed by atoms with E-state index in [0.717, 1.165) is 4.47 Å². The lowest BCUT2D eigenvalue weighted by Gasteiger charge is -2.06. The molecule has 0 aliphatic rings. The van der Waals surface area contributed by atoms with Crippen molar-refractivity contribution >= 4 is 43.6 Å². The quantitative estimate of drug-likeness (QED) is 0.572. The van der Waals surface area contributed by atoms with E-state index in [4.69, 9.17) is 4.74 Å². The summed E-state index contributed by atoms with van der Waals surface area (Å²) in [7, 11) is 0. The zero-order valence-electron chi connectivity index (χ0n) is 10.3. The Bertz CT molecular complexity index is 636. The lowest BCUT2D eigenvalue weighted by molar-refractivity contribution is 0.0474. The summed E-state index contributed by atoms with van der Waals surface area (Å²) < 4.78 is 6.55. The fourth-order valence-corrected chi connectivity index (χ4v) is 2.27. The summed E-state index contributed by atoms with van der Waals surface area (Å²) >= 11 is 6.56. The van der Waals surface area contributed by atoms with Crippen molar-refractivity contribution in [3.05, 3.63) is 68.6 Å². The summed E-state index contributed by atoms with van der Waals surface area (Å²) in [5, 5.41) is 0. The predicted octanol–water partition coefficient (Wildman–Crippen LogP) is 4.25. The fourth-order valence-electron chi connectivity index (χ4n) is 1.55. The van der Waals surface area contributed by atoms with Crippen LogP contribution in [0.25, 0.3) is 0 Å². The molecule has 2 aromatic rings. The number of Topliss-reactive ketones (excluding diaryl/α,β-unsaturated/α-hetero) is 1. The van der Waals surface area contributed by atoms with Crippen LogP contribution in [0.5, 0.6) is 0 Å².